The van der Waals surface area contributed by atoms with Crippen LogP contribution >= 0.6 is 11.3 Å². The molecule has 0 bridgehead atoms. The van der Waals surface area contributed by atoms with Crippen LogP contribution in [0.5, 0.6) is 0 Å². The number of aryl methyl sites for hydroxylation is 1. The van der Waals surface area contributed by atoms with E-state index in [2.05, 4.69) is 23.3 Å². The van der Waals surface area contributed by atoms with Crippen molar-refractivity contribution in [2.24, 2.45) is 5.92 Å². The highest BCUT2D eigenvalue weighted by Gasteiger charge is 2.35. The Balaban J connectivity index is 1.11. The number of nitrogens with zero attached hydrogens (tertiary/aromatic N) is 2. The molecule has 1 aliphatic heterocycles. The zero-order valence-electron chi connectivity index (χ0n) is 19.8. The predicted octanol–water partition coefficient (Wildman–Crippen LogP) is 4.80. The van der Waals surface area contributed by atoms with E-state index in [0.29, 0.717) is 18.8 Å². The minimum atomic E-state index is -0.564. The first-order valence-corrected chi connectivity index (χ1v) is 12.5. The summed E-state index contributed by atoms with van der Waals surface area (Å²) in [6, 6.07) is 23.2. The van der Waals surface area contributed by atoms with Gasteiger partial charge in [0.2, 0.25) is 5.91 Å². The lowest BCUT2D eigenvalue weighted by Gasteiger charge is -2.16. The molecule has 1 aliphatic rings. The summed E-state index contributed by atoms with van der Waals surface area (Å²) in [6.07, 6.45) is 0.0973. The Hall–Kier alpha value is -4.04. The lowest BCUT2D eigenvalue weighted by Crippen LogP contribution is -2.28. The second-order valence-electron chi connectivity index (χ2n) is 8.88. The highest BCUT2D eigenvalue weighted by Crippen LogP contribution is 2.31. The van der Waals surface area contributed by atoms with E-state index in [4.69, 9.17) is 4.74 Å². The van der Waals surface area contributed by atoms with E-state index in [9.17, 15) is 14.4 Å². The number of hydrogen-bond donors (Lipinski definition) is 1. The van der Waals surface area contributed by atoms with Crippen LogP contribution in [0.15, 0.2) is 72.8 Å². The smallest absolute Gasteiger partial charge is 0.311 e. The monoisotopic (exact) mass is 499 g/mol. The van der Waals surface area contributed by atoms with Gasteiger partial charge in [0, 0.05) is 30.8 Å². The third-order valence-electron chi connectivity index (χ3n) is 6.07. The van der Waals surface area contributed by atoms with Gasteiger partial charge < -0.3 is 15.0 Å². The molecule has 3 aromatic carbocycles. The normalized spacial score (nSPS) is 15.3. The number of thiazole rings is 1. The van der Waals surface area contributed by atoms with Crippen molar-refractivity contribution in [3.05, 3.63) is 83.9 Å². The Morgan fingerprint density at radius 2 is 1.86 bits per heavy atom. The van der Waals surface area contributed by atoms with Gasteiger partial charge in [0.15, 0.2) is 6.61 Å². The van der Waals surface area contributed by atoms with Crippen molar-refractivity contribution in [3.63, 3.8) is 0 Å². The van der Waals surface area contributed by atoms with Gasteiger partial charge in [-0.2, -0.15) is 0 Å². The number of aromatic nitrogens is 1. The number of carbonyl (C=O) groups is 3. The molecular formula is C28H25N3O4S. The van der Waals surface area contributed by atoms with Gasteiger partial charge in [-0.1, -0.05) is 36.4 Å². The van der Waals surface area contributed by atoms with Crippen molar-refractivity contribution < 1.29 is 19.1 Å². The number of hydrogen-bond acceptors (Lipinski definition) is 6. The lowest BCUT2D eigenvalue weighted by molar-refractivity contribution is -0.151. The summed E-state index contributed by atoms with van der Waals surface area (Å²) in [5.41, 5.74) is 4.72. The number of esters is 1. The average Bonchev–Trinajstić information content (AvgIpc) is 3.46. The maximum Gasteiger partial charge on any atom is 0.311 e. The summed E-state index contributed by atoms with van der Waals surface area (Å²) < 4.78 is 6.34. The van der Waals surface area contributed by atoms with Crippen molar-refractivity contribution in [2.75, 3.05) is 18.5 Å². The first-order chi connectivity index (χ1) is 17.4. The fraction of sp³-hybridized carbons (Fsp3) is 0.214. The molecule has 8 heteroatoms. The van der Waals surface area contributed by atoms with Crippen molar-refractivity contribution in [3.8, 4) is 10.6 Å². The minimum absolute atomic E-state index is 0.0893. The van der Waals surface area contributed by atoms with Crippen LogP contribution in [0.4, 0.5) is 5.69 Å². The third kappa shape index (κ3) is 5.44. The molecule has 36 heavy (non-hydrogen) atoms. The Labute approximate surface area is 212 Å². The highest BCUT2D eigenvalue weighted by atomic mass is 32.1. The summed E-state index contributed by atoms with van der Waals surface area (Å²) >= 11 is 1.62. The molecule has 2 amide bonds. The van der Waals surface area contributed by atoms with E-state index in [1.165, 1.54) is 5.56 Å². The topological polar surface area (TPSA) is 88.6 Å². The molecule has 1 aromatic heterocycles. The summed E-state index contributed by atoms with van der Waals surface area (Å²) in [5.74, 6) is -1.62. The summed E-state index contributed by atoms with van der Waals surface area (Å²) in [4.78, 5) is 43.4. The molecule has 0 unspecified atom stereocenters. The molecule has 0 aliphatic carbocycles. The minimum Gasteiger partial charge on any atom is -0.455 e. The molecule has 1 atom stereocenters. The van der Waals surface area contributed by atoms with Gasteiger partial charge in [-0.3, -0.25) is 14.4 Å². The summed E-state index contributed by atoms with van der Waals surface area (Å²) in [5, 5.41) is 3.65. The fourth-order valence-corrected chi connectivity index (χ4v) is 5.26. The zero-order valence-corrected chi connectivity index (χ0v) is 20.6. The first-order valence-electron chi connectivity index (χ1n) is 11.7. The maximum absolute atomic E-state index is 12.5. The Morgan fingerprint density at radius 3 is 2.64 bits per heavy atom. The van der Waals surface area contributed by atoms with E-state index < -0.39 is 24.4 Å². The van der Waals surface area contributed by atoms with Crippen LogP contribution in [-0.4, -0.2) is 40.8 Å². The number of ether oxygens (including phenoxy) is 1. The van der Waals surface area contributed by atoms with Gasteiger partial charge in [0.25, 0.3) is 5.91 Å². The molecule has 0 spiro atoms. The Kier molecular flexibility index (Phi) is 6.77. The molecular weight excluding hydrogens is 474 g/mol. The van der Waals surface area contributed by atoms with Crippen LogP contribution in [0.1, 0.15) is 17.5 Å². The third-order valence-corrected chi connectivity index (χ3v) is 7.14. The zero-order chi connectivity index (χ0) is 25.1. The second-order valence-corrected chi connectivity index (χ2v) is 9.91. The van der Waals surface area contributed by atoms with Gasteiger partial charge in [0.1, 0.15) is 5.01 Å². The van der Waals surface area contributed by atoms with Gasteiger partial charge in [-0.15, -0.1) is 11.3 Å². The quantitative estimate of drug-likeness (QED) is 0.369. The molecule has 1 fully saturated rings. The number of rotatable bonds is 7. The Morgan fingerprint density at radius 1 is 1.08 bits per heavy atom. The number of carbonyl (C=O) groups excluding carboxylic acids is 3. The van der Waals surface area contributed by atoms with E-state index in [-0.39, 0.29) is 12.3 Å². The number of likely N-dealkylation sites (tertiary alicyclic amines) is 1. The van der Waals surface area contributed by atoms with Crippen molar-refractivity contribution >= 4 is 45.0 Å². The van der Waals surface area contributed by atoms with Crippen LogP contribution in [0, 0.1) is 12.8 Å². The summed E-state index contributed by atoms with van der Waals surface area (Å²) in [6.45, 7) is 2.40. The molecule has 5 rings (SSSR count). The molecule has 7 nitrogen and oxygen atoms in total. The molecule has 4 aromatic rings. The number of amides is 2. The van der Waals surface area contributed by atoms with E-state index in [1.807, 2.05) is 54.6 Å². The number of benzene rings is 3. The van der Waals surface area contributed by atoms with Gasteiger partial charge >= 0.3 is 5.97 Å². The van der Waals surface area contributed by atoms with Crippen LogP contribution in [0.3, 0.4) is 0 Å². The Bertz CT molecular complexity index is 1420. The number of nitrogens with one attached hydrogen (secondary N) is 1. The van der Waals surface area contributed by atoms with E-state index in [1.54, 1.807) is 28.4 Å². The average molecular weight is 500 g/mol. The van der Waals surface area contributed by atoms with Crippen molar-refractivity contribution in [1.29, 1.82) is 0 Å². The molecule has 2 heterocycles. The van der Waals surface area contributed by atoms with Crippen LogP contribution < -0.4 is 5.32 Å². The molecule has 182 valence electrons. The fourth-order valence-electron chi connectivity index (χ4n) is 4.19. The number of fused-ring (bicyclic) bond motifs is 1. The molecule has 0 saturated carbocycles. The molecule has 1 N–H and O–H groups in total. The van der Waals surface area contributed by atoms with Crippen molar-refractivity contribution in [2.45, 2.75) is 19.9 Å². The summed E-state index contributed by atoms with van der Waals surface area (Å²) in [7, 11) is 0. The van der Waals surface area contributed by atoms with E-state index >= 15 is 0 Å². The maximum atomic E-state index is 12.5. The number of anilines is 1. The van der Waals surface area contributed by atoms with E-state index in [0.717, 1.165) is 26.4 Å². The predicted molar refractivity (Wildman–Crippen MR) is 139 cm³/mol. The largest absolute Gasteiger partial charge is 0.455 e. The van der Waals surface area contributed by atoms with Gasteiger partial charge in [0.05, 0.1) is 16.1 Å². The van der Waals surface area contributed by atoms with Gasteiger partial charge in [-0.25, -0.2) is 4.98 Å². The standard InChI is InChI=1S/C28H25N3O4S/c1-18-7-12-23-24(13-18)36-27(30-23)20-8-10-22(11-9-20)29-25(32)17-35-28(34)21-14-26(33)31(16-21)15-19-5-3-2-4-6-19/h2-13,21H,14-17H2,1H3,(H,29,32)/t21-/m1/s1. The van der Waals surface area contributed by atoms with Gasteiger partial charge in [-0.05, 0) is 54.4 Å². The molecule has 0 radical (unpaired) electrons. The van der Waals surface area contributed by atoms with Crippen LogP contribution in [0.25, 0.3) is 20.8 Å². The van der Waals surface area contributed by atoms with Crippen molar-refractivity contribution in [1.82, 2.24) is 9.88 Å². The first kappa shape index (κ1) is 23.7. The van der Waals surface area contributed by atoms with Crippen LogP contribution in [-0.2, 0) is 25.7 Å². The molecule has 1 saturated heterocycles. The SMILES string of the molecule is Cc1ccc2nc(-c3ccc(NC(=O)COC(=O)[C@@H]4CC(=O)N(Cc5ccccc5)C4)cc3)sc2c1. The lowest BCUT2D eigenvalue weighted by atomic mass is 10.1. The highest BCUT2D eigenvalue weighted by molar-refractivity contribution is 7.21. The van der Waals surface area contributed by atoms with Crippen LogP contribution in [0.2, 0.25) is 0 Å². The second kappa shape index (κ2) is 10.3.